The normalized spacial score (nSPS) is 13.0. The lowest BCUT2D eigenvalue weighted by Crippen LogP contribution is -2.49. The molecular formula is C16H21NO4S. The number of carbonyl (C=O) groups is 2. The Morgan fingerprint density at radius 1 is 1.36 bits per heavy atom. The molecule has 0 fully saturated rings. The molecule has 5 nitrogen and oxygen atoms in total. The minimum absolute atomic E-state index is 0.0385. The molecular weight excluding hydrogens is 302 g/mol. The van der Waals surface area contributed by atoms with E-state index in [0.29, 0.717) is 12.2 Å². The molecule has 0 aliphatic rings. The van der Waals surface area contributed by atoms with Gasteiger partial charge in [0.15, 0.2) is 0 Å². The van der Waals surface area contributed by atoms with Gasteiger partial charge in [-0.25, -0.2) is 9.59 Å². The van der Waals surface area contributed by atoms with Gasteiger partial charge >= 0.3 is 12.1 Å². The molecule has 1 aromatic rings. The Kier molecular flexibility index (Phi) is 7.70. The molecule has 6 heteroatoms. The average molecular weight is 323 g/mol. The van der Waals surface area contributed by atoms with Gasteiger partial charge in [-0.05, 0) is 30.4 Å². The van der Waals surface area contributed by atoms with Crippen molar-refractivity contribution >= 4 is 23.9 Å². The van der Waals surface area contributed by atoms with Crippen LogP contribution in [0.3, 0.4) is 0 Å². The van der Waals surface area contributed by atoms with Crippen LogP contribution >= 0.6 is 11.8 Å². The molecule has 0 aromatic heterocycles. The van der Waals surface area contributed by atoms with E-state index in [1.54, 1.807) is 23.9 Å². The van der Waals surface area contributed by atoms with Crippen molar-refractivity contribution in [2.24, 2.45) is 5.73 Å². The maximum Gasteiger partial charge on any atom is 0.516 e. The van der Waals surface area contributed by atoms with Gasteiger partial charge in [0.2, 0.25) is 0 Å². The second-order valence-corrected chi connectivity index (χ2v) is 5.79. The Morgan fingerprint density at radius 3 is 2.64 bits per heavy atom. The zero-order chi connectivity index (χ0) is 16.4. The fourth-order valence-corrected chi connectivity index (χ4v) is 2.32. The Balaban J connectivity index is 2.53. The number of esters is 1. The summed E-state index contributed by atoms with van der Waals surface area (Å²) < 4.78 is 9.61. The van der Waals surface area contributed by atoms with Gasteiger partial charge in [-0.1, -0.05) is 36.4 Å². The number of carbonyl (C=O) groups excluding carboxylic acids is 2. The Labute approximate surface area is 134 Å². The number of ether oxygens (including phenoxy) is 2. The summed E-state index contributed by atoms with van der Waals surface area (Å²) in [6, 6.07) is 9.12. The summed E-state index contributed by atoms with van der Waals surface area (Å²) in [5.74, 6) is -0.113. The molecule has 0 radical (unpaired) electrons. The highest BCUT2D eigenvalue weighted by molar-refractivity contribution is 7.98. The number of hydrogen-bond donors (Lipinski definition) is 1. The number of nitrogens with two attached hydrogens (primary N) is 1. The first-order chi connectivity index (χ1) is 10.5. The summed E-state index contributed by atoms with van der Waals surface area (Å²) in [7, 11) is 0. The Bertz CT molecular complexity index is 506. The van der Waals surface area contributed by atoms with Crippen LogP contribution in [0.15, 0.2) is 43.0 Å². The molecule has 1 rings (SSSR count). The first-order valence-corrected chi connectivity index (χ1v) is 8.23. The fourth-order valence-electron chi connectivity index (χ4n) is 1.75. The molecule has 0 aliphatic heterocycles. The molecule has 2 N–H and O–H groups in total. The minimum atomic E-state index is -1.25. The molecule has 1 aromatic carbocycles. The van der Waals surface area contributed by atoms with Crippen LogP contribution < -0.4 is 5.73 Å². The number of benzene rings is 1. The van der Waals surface area contributed by atoms with Gasteiger partial charge in [0.25, 0.3) is 0 Å². The summed E-state index contributed by atoms with van der Waals surface area (Å²) in [4.78, 5) is 23.7. The second-order valence-electron chi connectivity index (χ2n) is 4.81. The number of thioether (sulfide) groups is 1. The van der Waals surface area contributed by atoms with Gasteiger partial charge in [0, 0.05) is 0 Å². The zero-order valence-electron chi connectivity index (χ0n) is 12.6. The minimum Gasteiger partial charge on any atom is -0.429 e. The van der Waals surface area contributed by atoms with Gasteiger partial charge < -0.3 is 15.2 Å². The van der Waals surface area contributed by atoms with Gasteiger partial charge in [0.05, 0.1) is 0 Å². The predicted octanol–water partition coefficient (Wildman–Crippen LogP) is 2.89. The van der Waals surface area contributed by atoms with Gasteiger partial charge in [0.1, 0.15) is 12.1 Å². The van der Waals surface area contributed by atoms with Gasteiger partial charge in [-0.2, -0.15) is 11.8 Å². The third-order valence-electron chi connectivity index (χ3n) is 3.04. The molecule has 0 unspecified atom stereocenters. The van der Waals surface area contributed by atoms with Crippen molar-refractivity contribution in [3.05, 3.63) is 48.6 Å². The molecule has 22 heavy (non-hydrogen) atoms. The van der Waals surface area contributed by atoms with Crippen LogP contribution in [-0.2, 0) is 20.9 Å². The highest BCUT2D eigenvalue weighted by Gasteiger charge is 2.35. The SMILES string of the molecule is C=CC[C@](N)(CCSC)C(=O)OC(=O)OCc1ccccc1. The Hall–Kier alpha value is -1.79. The van der Waals surface area contributed by atoms with Crippen LogP contribution in [0.25, 0.3) is 0 Å². The summed E-state index contributed by atoms with van der Waals surface area (Å²) in [5, 5.41) is 0. The van der Waals surface area contributed by atoms with Crippen LogP contribution in [0, 0.1) is 0 Å². The largest absolute Gasteiger partial charge is 0.516 e. The molecule has 0 heterocycles. The van der Waals surface area contributed by atoms with E-state index in [2.05, 4.69) is 6.58 Å². The van der Waals surface area contributed by atoms with E-state index in [0.717, 1.165) is 5.56 Å². The summed E-state index contributed by atoms with van der Waals surface area (Å²) in [6.07, 6.45) is 3.03. The van der Waals surface area contributed by atoms with Crippen molar-refractivity contribution in [3.63, 3.8) is 0 Å². The van der Waals surface area contributed by atoms with E-state index in [1.165, 1.54) is 6.08 Å². The quantitative estimate of drug-likeness (QED) is 0.450. The maximum absolute atomic E-state index is 12.1. The highest BCUT2D eigenvalue weighted by atomic mass is 32.2. The van der Waals surface area contributed by atoms with Crippen molar-refractivity contribution in [1.82, 2.24) is 0 Å². The topological polar surface area (TPSA) is 78.6 Å². The lowest BCUT2D eigenvalue weighted by atomic mass is 9.93. The molecule has 0 bridgehead atoms. The first-order valence-electron chi connectivity index (χ1n) is 6.83. The van der Waals surface area contributed by atoms with Crippen LogP contribution in [0.1, 0.15) is 18.4 Å². The van der Waals surface area contributed by atoms with E-state index in [9.17, 15) is 9.59 Å². The van der Waals surface area contributed by atoms with E-state index >= 15 is 0 Å². The summed E-state index contributed by atoms with van der Waals surface area (Å²) in [5.41, 5.74) is 5.58. The average Bonchev–Trinajstić information content (AvgIpc) is 2.52. The van der Waals surface area contributed by atoms with Crippen LogP contribution in [0.4, 0.5) is 4.79 Å². The lowest BCUT2D eigenvalue weighted by molar-refractivity contribution is -0.146. The summed E-state index contributed by atoms with van der Waals surface area (Å²) in [6.45, 7) is 3.62. The molecule has 0 amide bonds. The summed E-state index contributed by atoms with van der Waals surface area (Å²) >= 11 is 1.56. The zero-order valence-corrected chi connectivity index (χ0v) is 13.4. The number of hydrogen-bond acceptors (Lipinski definition) is 6. The molecule has 0 spiro atoms. The molecule has 120 valence electrons. The first kappa shape index (κ1) is 18.3. The second kappa shape index (κ2) is 9.27. The van der Waals surface area contributed by atoms with Crippen molar-refractivity contribution in [2.45, 2.75) is 25.0 Å². The third kappa shape index (κ3) is 5.91. The molecule has 0 saturated carbocycles. The monoisotopic (exact) mass is 323 g/mol. The van der Waals surface area contributed by atoms with Crippen LogP contribution in [-0.4, -0.2) is 29.7 Å². The van der Waals surface area contributed by atoms with E-state index in [4.69, 9.17) is 15.2 Å². The van der Waals surface area contributed by atoms with Crippen LogP contribution in [0.2, 0.25) is 0 Å². The van der Waals surface area contributed by atoms with Crippen molar-refractivity contribution in [3.8, 4) is 0 Å². The van der Waals surface area contributed by atoms with Crippen LogP contribution in [0.5, 0.6) is 0 Å². The van der Waals surface area contributed by atoms with Gasteiger partial charge in [-0.15, -0.1) is 6.58 Å². The maximum atomic E-state index is 12.1. The standard InChI is InChI=1S/C16H21NO4S/c1-3-9-16(17,10-11-22-2)14(18)21-15(19)20-12-13-7-5-4-6-8-13/h3-8H,1,9-12,17H2,2H3/t16-/m0/s1. The molecule has 1 atom stereocenters. The highest BCUT2D eigenvalue weighted by Crippen LogP contribution is 2.18. The van der Waals surface area contributed by atoms with E-state index in [-0.39, 0.29) is 13.0 Å². The fraction of sp³-hybridized carbons (Fsp3) is 0.375. The predicted molar refractivity (Wildman–Crippen MR) is 87.5 cm³/mol. The Morgan fingerprint density at radius 2 is 2.05 bits per heavy atom. The van der Waals surface area contributed by atoms with E-state index < -0.39 is 17.7 Å². The van der Waals surface area contributed by atoms with Gasteiger partial charge in [-0.3, -0.25) is 0 Å². The van der Waals surface area contributed by atoms with E-state index in [1.807, 2.05) is 24.5 Å². The lowest BCUT2D eigenvalue weighted by Gasteiger charge is -2.24. The number of rotatable bonds is 8. The van der Waals surface area contributed by atoms with Crippen molar-refractivity contribution in [1.29, 1.82) is 0 Å². The molecule has 0 aliphatic carbocycles. The van der Waals surface area contributed by atoms with Crippen molar-refractivity contribution in [2.75, 3.05) is 12.0 Å². The van der Waals surface area contributed by atoms with Crippen molar-refractivity contribution < 1.29 is 19.1 Å². The smallest absolute Gasteiger partial charge is 0.429 e. The molecule has 0 saturated heterocycles. The third-order valence-corrected chi connectivity index (χ3v) is 3.66.